The fraction of sp³-hybridized carbons (Fsp3) is 0.346. The second kappa shape index (κ2) is 11.1. The second-order valence-electron chi connectivity index (χ2n) is 8.74. The molecule has 3 aromatic rings. The van der Waals surface area contributed by atoms with E-state index in [0.717, 1.165) is 4.70 Å². The Labute approximate surface area is 209 Å². The molecule has 1 fully saturated rings. The lowest BCUT2D eigenvalue weighted by molar-refractivity contribution is -0.143. The molecule has 1 heterocycles. The number of hydrogen-bond donors (Lipinski definition) is 2. The van der Waals surface area contributed by atoms with Crippen molar-refractivity contribution in [2.45, 2.75) is 44.6 Å². The number of ether oxygens (including phenoxy) is 1. The van der Waals surface area contributed by atoms with Crippen LogP contribution < -0.4 is 10.1 Å². The number of rotatable bonds is 9. The standard InChI is InChI=1S/C26H24F3NO5S/c27-16-5-10-21-15(12-16)13-22(36-21)25(32)30-11-1-2-19(31)18-8-9-20(24(29)23(18)28)35-17-6-3-14(4-7-17)26(33)34/h5,8-10,12-14,17H,1-4,6-7,11H2,(H,30,32)(H,33,34). The van der Waals surface area contributed by atoms with Crippen molar-refractivity contribution in [2.75, 3.05) is 6.54 Å². The molecule has 4 rings (SSSR count). The normalized spacial score (nSPS) is 17.6. The minimum Gasteiger partial charge on any atom is -0.487 e. The van der Waals surface area contributed by atoms with Gasteiger partial charge in [0, 0.05) is 17.7 Å². The number of Topliss-reactive ketones (excluding diaryl/α,β-unsaturated/α-hetero) is 1. The number of carboxylic acids is 1. The first-order chi connectivity index (χ1) is 17.2. The van der Waals surface area contributed by atoms with E-state index < -0.39 is 46.8 Å². The first-order valence-corrected chi connectivity index (χ1v) is 12.4. The summed E-state index contributed by atoms with van der Waals surface area (Å²) in [7, 11) is 0. The van der Waals surface area contributed by atoms with Gasteiger partial charge in [-0.2, -0.15) is 4.39 Å². The first kappa shape index (κ1) is 25.7. The number of halogens is 3. The molecule has 1 aliphatic carbocycles. The van der Waals surface area contributed by atoms with Gasteiger partial charge < -0.3 is 15.2 Å². The fourth-order valence-electron chi connectivity index (χ4n) is 4.24. The smallest absolute Gasteiger partial charge is 0.306 e. The van der Waals surface area contributed by atoms with Crippen molar-refractivity contribution in [1.82, 2.24) is 5.32 Å². The highest BCUT2D eigenvalue weighted by Crippen LogP contribution is 2.31. The third-order valence-electron chi connectivity index (χ3n) is 6.23. The van der Waals surface area contributed by atoms with Crippen molar-refractivity contribution in [2.24, 2.45) is 5.92 Å². The molecule has 0 radical (unpaired) electrons. The van der Waals surface area contributed by atoms with Gasteiger partial charge >= 0.3 is 5.97 Å². The lowest BCUT2D eigenvalue weighted by Gasteiger charge is -2.27. The van der Waals surface area contributed by atoms with Crippen LogP contribution in [0.3, 0.4) is 0 Å². The van der Waals surface area contributed by atoms with Gasteiger partial charge in [-0.25, -0.2) is 8.78 Å². The first-order valence-electron chi connectivity index (χ1n) is 11.6. The molecule has 0 atom stereocenters. The maximum atomic E-state index is 14.6. The maximum Gasteiger partial charge on any atom is 0.306 e. The third kappa shape index (κ3) is 5.87. The van der Waals surface area contributed by atoms with Crippen molar-refractivity contribution >= 4 is 39.1 Å². The Morgan fingerprint density at radius 1 is 1.00 bits per heavy atom. The molecule has 190 valence electrons. The van der Waals surface area contributed by atoms with Crippen LogP contribution in [0.4, 0.5) is 13.2 Å². The number of thiophene rings is 1. The van der Waals surface area contributed by atoms with Gasteiger partial charge in [-0.3, -0.25) is 14.4 Å². The summed E-state index contributed by atoms with van der Waals surface area (Å²) in [6.45, 7) is 0.150. The SMILES string of the molecule is O=C(NCCCC(=O)c1ccc(OC2CCC(C(=O)O)CC2)c(F)c1F)c1cc2cc(F)ccc2s1. The molecule has 2 aromatic carbocycles. The number of amides is 1. The number of fused-ring (bicyclic) bond motifs is 1. The van der Waals surface area contributed by atoms with Crippen molar-refractivity contribution < 1.29 is 37.4 Å². The van der Waals surface area contributed by atoms with Gasteiger partial charge in [0.15, 0.2) is 17.3 Å². The third-order valence-corrected chi connectivity index (χ3v) is 7.35. The summed E-state index contributed by atoms with van der Waals surface area (Å²) in [5.41, 5.74) is -0.396. The van der Waals surface area contributed by atoms with E-state index in [4.69, 9.17) is 9.84 Å². The molecular formula is C26H24F3NO5S. The number of ketones is 1. The highest BCUT2D eigenvalue weighted by molar-refractivity contribution is 7.20. The predicted molar refractivity (Wildman–Crippen MR) is 128 cm³/mol. The van der Waals surface area contributed by atoms with Gasteiger partial charge in [0.25, 0.3) is 5.91 Å². The molecule has 0 unspecified atom stereocenters. The Bertz CT molecular complexity index is 1300. The van der Waals surface area contributed by atoms with Gasteiger partial charge in [0.05, 0.1) is 22.5 Å². The van der Waals surface area contributed by atoms with Crippen LogP contribution in [0.5, 0.6) is 5.75 Å². The lowest BCUT2D eigenvalue weighted by Crippen LogP contribution is -2.28. The van der Waals surface area contributed by atoms with Crippen LogP contribution in [-0.4, -0.2) is 35.4 Å². The molecule has 1 aromatic heterocycles. The van der Waals surface area contributed by atoms with E-state index in [1.165, 1.54) is 35.6 Å². The lowest BCUT2D eigenvalue weighted by atomic mass is 9.87. The molecule has 10 heteroatoms. The highest BCUT2D eigenvalue weighted by Gasteiger charge is 2.28. The second-order valence-corrected chi connectivity index (χ2v) is 9.83. The number of aliphatic carboxylic acids is 1. The van der Waals surface area contributed by atoms with Gasteiger partial charge in [-0.15, -0.1) is 11.3 Å². The number of carbonyl (C=O) groups excluding carboxylic acids is 2. The molecule has 1 amide bonds. The van der Waals surface area contributed by atoms with E-state index in [1.54, 1.807) is 12.1 Å². The van der Waals surface area contributed by atoms with Gasteiger partial charge in [0.2, 0.25) is 5.82 Å². The van der Waals surface area contributed by atoms with Crippen LogP contribution in [0, 0.1) is 23.4 Å². The van der Waals surface area contributed by atoms with E-state index in [1.807, 2.05) is 0 Å². The van der Waals surface area contributed by atoms with E-state index >= 15 is 0 Å². The topological polar surface area (TPSA) is 92.7 Å². The van der Waals surface area contributed by atoms with Crippen molar-refractivity contribution in [1.29, 1.82) is 0 Å². The van der Waals surface area contributed by atoms with E-state index in [0.29, 0.717) is 35.9 Å². The molecule has 0 saturated heterocycles. The summed E-state index contributed by atoms with van der Waals surface area (Å²) in [5.74, 6) is -5.54. The van der Waals surface area contributed by atoms with Gasteiger partial charge in [-0.1, -0.05) is 0 Å². The Balaban J connectivity index is 1.27. The molecule has 0 bridgehead atoms. The minimum absolute atomic E-state index is 0.103. The monoisotopic (exact) mass is 519 g/mol. The summed E-state index contributed by atoms with van der Waals surface area (Å²) in [5, 5.41) is 12.4. The predicted octanol–water partition coefficient (Wildman–Crippen LogP) is 5.73. The van der Waals surface area contributed by atoms with Crippen molar-refractivity contribution in [3.8, 4) is 5.75 Å². The van der Waals surface area contributed by atoms with Crippen LogP contribution in [0.15, 0.2) is 36.4 Å². The van der Waals surface area contributed by atoms with E-state index in [-0.39, 0.29) is 31.0 Å². The van der Waals surface area contributed by atoms with Crippen molar-refractivity contribution in [3.05, 3.63) is 64.3 Å². The van der Waals surface area contributed by atoms with Crippen LogP contribution in [0.1, 0.15) is 58.6 Å². The number of hydrogen-bond acceptors (Lipinski definition) is 5. The maximum absolute atomic E-state index is 14.6. The van der Waals surface area contributed by atoms with Gasteiger partial charge in [0.1, 0.15) is 5.82 Å². The highest BCUT2D eigenvalue weighted by atomic mass is 32.1. The van der Waals surface area contributed by atoms with Crippen molar-refractivity contribution in [3.63, 3.8) is 0 Å². The summed E-state index contributed by atoms with van der Waals surface area (Å²) in [6.07, 6.45) is 1.34. The van der Waals surface area contributed by atoms with Crippen LogP contribution in [0.2, 0.25) is 0 Å². The zero-order valence-corrected chi connectivity index (χ0v) is 20.0. The number of carbonyl (C=O) groups is 3. The fourth-order valence-corrected chi connectivity index (χ4v) is 5.20. The quantitative estimate of drug-likeness (QED) is 0.278. The Hall–Kier alpha value is -3.40. The molecule has 1 aliphatic rings. The Kier molecular flexibility index (Phi) is 7.93. The van der Waals surface area contributed by atoms with Crippen LogP contribution in [-0.2, 0) is 4.79 Å². The van der Waals surface area contributed by atoms with E-state index in [9.17, 15) is 27.6 Å². The van der Waals surface area contributed by atoms with Crippen LogP contribution in [0.25, 0.3) is 10.1 Å². The zero-order valence-electron chi connectivity index (χ0n) is 19.2. The molecular weight excluding hydrogens is 495 g/mol. The number of carboxylic acid groups (broad SMARTS) is 1. The summed E-state index contributed by atoms with van der Waals surface area (Å²) < 4.78 is 48.8. The zero-order chi connectivity index (χ0) is 25.8. The van der Waals surface area contributed by atoms with Gasteiger partial charge in [-0.05, 0) is 73.9 Å². The average Bonchev–Trinajstić information content (AvgIpc) is 3.28. The molecule has 2 N–H and O–H groups in total. The molecule has 0 spiro atoms. The summed E-state index contributed by atoms with van der Waals surface area (Å²) >= 11 is 1.22. The average molecular weight is 520 g/mol. The molecule has 1 saturated carbocycles. The summed E-state index contributed by atoms with van der Waals surface area (Å²) in [6, 6.07) is 8.23. The number of benzene rings is 2. The molecule has 0 aliphatic heterocycles. The Morgan fingerprint density at radius 3 is 2.47 bits per heavy atom. The molecule has 6 nitrogen and oxygen atoms in total. The summed E-state index contributed by atoms with van der Waals surface area (Å²) in [4.78, 5) is 36.2. The van der Waals surface area contributed by atoms with Crippen LogP contribution >= 0.6 is 11.3 Å². The van der Waals surface area contributed by atoms with E-state index in [2.05, 4.69) is 5.32 Å². The number of nitrogens with one attached hydrogen (secondary N) is 1. The Morgan fingerprint density at radius 2 is 1.75 bits per heavy atom. The minimum atomic E-state index is -1.29. The molecule has 36 heavy (non-hydrogen) atoms. The largest absolute Gasteiger partial charge is 0.487 e.